The van der Waals surface area contributed by atoms with Gasteiger partial charge in [0.15, 0.2) is 0 Å². The van der Waals surface area contributed by atoms with Crippen molar-refractivity contribution in [3.05, 3.63) is 100 Å². The summed E-state index contributed by atoms with van der Waals surface area (Å²) >= 11 is 0. The third-order valence-electron chi connectivity index (χ3n) is 13.1. The summed E-state index contributed by atoms with van der Waals surface area (Å²) in [6.07, 6.45) is -10.9. The quantitative estimate of drug-likeness (QED) is 0.0247. The van der Waals surface area contributed by atoms with E-state index in [-0.39, 0.29) is 5.56 Å². The first-order chi connectivity index (χ1) is 35.9. The van der Waals surface area contributed by atoms with E-state index in [1.807, 2.05) is 22.9 Å². The summed E-state index contributed by atoms with van der Waals surface area (Å²) in [7, 11) is 1.59. The fraction of sp³-hybridized carbons (Fsp3) is 0.480. The Bertz CT molecular complexity index is 2660. The molecule has 0 radical (unpaired) electrons. The maximum atomic E-state index is 15.9. The highest BCUT2D eigenvalue weighted by Crippen LogP contribution is 2.42. The zero-order chi connectivity index (χ0) is 57.2. The summed E-state index contributed by atoms with van der Waals surface area (Å²) in [6.45, 7) is -1.54. The Labute approximate surface area is 436 Å². The standard InChI is InChI=1S/C50H58F10N10O7/c1-47(2,49(55,56)57)40(66-45(74)76-5)42(72)65-37(19-28-10-7-27(8-11-28)9-12-29-13-16-39(63-22-29)69-23-31-14-15-32(24-69)64-31)38(71)26-70(68-43(73)41(67-46(75)77-6)48(3,4)50(58,59)60)25-33-34(51)20-30(21-35(33)52)36(61)17-18-62-44(53)54/h7-8,10-11,13,16-18,20-22,31-32,37-38,40-41,44,64,71H,14-15,19,23-26,61H2,1-6H3,(H,65,72)(H,66,74)(H,67,75)(H,68,73)/t31?,32?,37-,38-,40+,41+/m0/s1. The van der Waals surface area contributed by atoms with Crippen LogP contribution >= 0.6 is 0 Å². The van der Waals surface area contributed by atoms with E-state index in [1.165, 1.54) is 24.3 Å². The second kappa shape index (κ2) is 25.3. The lowest BCUT2D eigenvalue weighted by Crippen LogP contribution is -2.63. The van der Waals surface area contributed by atoms with Crippen molar-refractivity contribution in [1.29, 1.82) is 0 Å². The molecular weight excluding hydrogens is 1040 g/mol. The minimum atomic E-state index is -5.23. The van der Waals surface area contributed by atoms with Gasteiger partial charge in [-0.2, -0.15) is 35.1 Å². The average molecular weight is 1100 g/mol. The number of piperazine rings is 1. The number of hydrogen-bond acceptors (Lipinski definition) is 13. The molecule has 0 saturated carbocycles. The van der Waals surface area contributed by atoms with Crippen LogP contribution in [0.25, 0.3) is 5.70 Å². The zero-order valence-corrected chi connectivity index (χ0v) is 42.4. The van der Waals surface area contributed by atoms with Crippen LogP contribution in [-0.2, 0) is 32.0 Å². The molecule has 0 aliphatic carbocycles. The number of pyridine rings is 1. The molecular formula is C50H58F10N10O7. The molecule has 0 spiro atoms. The van der Waals surface area contributed by atoms with Crippen molar-refractivity contribution >= 4 is 41.7 Å². The molecule has 1 aromatic heterocycles. The number of alkyl halides is 8. The summed E-state index contributed by atoms with van der Waals surface area (Å²) in [4.78, 5) is 62.2. The van der Waals surface area contributed by atoms with E-state index >= 15 is 8.78 Å². The molecule has 2 saturated heterocycles. The maximum Gasteiger partial charge on any atom is 0.407 e. The topological polar surface area (TPSA) is 225 Å². The molecule has 5 rings (SSSR count). The molecule has 3 heterocycles. The number of alkyl carbamates (subject to hydrolysis) is 2. The van der Waals surface area contributed by atoms with Gasteiger partial charge in [-0.05, 0) is 95.0 Å². The lowest BCUT2D eigenvalue weighted by atomic mass is 9.82. The van der Waals surface area contributed by atoms with Crippen LogP contribution in [0.15, 0.2) is 65.8 Å². The number of amides is 4. The second-order valence-electron chi connectivity index (χ2n) is 19.3. The normalized spacial score (nSPS) is 17.8. The highest BCUT2D eigenvalue weighted by molar-refractivity contribution is 5.87. The molecule has 4 amide bonds. The van der Waals surface area contributed by atoms with Gasteiger partial charge in [0, 0.05) is 78.6 Å². The Hall–Kier alpha value is -7.18. The average Bonchev–Trinajstić information content (AvgIpc) is 3.70. The van der Waals surface area contributed by atoms with E-state index < -0.39 is 126 Å². The SMILES string of the molecule is COC(=O)N[C@H](C(=O)N[C@@H](Cc1ccc(C#Cc2ccc(N3CC4CCC(C3)N4)nc2)cc1)[C@@H](O)CN(Cc1c(F)cc(C(N)=CC=NC(F)F)cc1F)NC(=O)[C@@H](NC(=O)OC)C(C)(C)C(F)(F)F)C(C)(C)C(F)(F)F. The van der Waals surface area contributed by atoms with Gasteiger partial charge in [0.05, 0.1) is 37.2 Å². The molecule has 2 unspecified atom stereocenters. The number of aliphatic hydroxyl groups is 1. The molecule has 2 aromatic carbocycles. The third kappa shape index (κ3) is 15.9. The number of aromatic nitrogens is 1. The van der Waals surface area contributed by atoms with Gasteiger partial charge in [0.25, 0.3) is 5.91 Å². The molecule has 2 aliphatic rings. The van der Waals surface area contributed by atoms with E-state index in [4.69, 9.17) is 5.73 Å². The van der Waals surface area contributed by atoms with Gasteiger partial charge in [-0.3, -0.25) is 15.0 Å². The van der Waals surface area contributed by atoms with Gasteiger partial charge >= 0.3 is 31.1 Å². The molecule has 2 fully saturated rings. The highest BCUT2D eigenvalue weighted by atomic mass is 19.4. The number of nitrogens with one attached hydrogen (secondary N) is 5. The van der Waals surface area contributed by atoms with Crippen LogP contribution in [0.5, 0.6) is 0 Å². The van der Waals surface area contributed by atoms with Crippen LogP contribution < -0.4 is 37.3 Å². The third-order valence-corrected chi connectivity index (χ3v) is 13.1. The van der Waals surface area contributed by atoms with E-state index in [1.54, 1.807) is 11.5 Å². The molecule has 3 aromatic rings. The fourth-order valence-corrected chi connectivity index (χ4v) is 8.25. The number of anilines is 1. The number of hydrazine groups is 1. The molecule has 27 heteroatoms. The first-order valence-corrected chi connectivity index (χ1v) is 23.6. The number of aliphatic hydroxyl groups excluding tert-OH is 1. The number of rotatable bonds is 19. The lowest BCUT2D eigenvalue weighted by Gasteiger charge is -2.38. The minimum Gasteiger partial charge on any atom is -0.453 e. The van der Waals surface area contributed by atoms with Crippen LogP contribution in [0.3, 0.4) is 0 Å². The Morgan fingerprint density at radius 3 is 1.86 bits per heavy atom. The maximum absolute atomic E-state index is 15.9. The van der Waals surface area contributed by atoms with Crippen LogP contribution in [0.2, 0.25) is 0 Å². The van der Waals surface area contributed by atoms with Gasteiger partial charge < -0.3 is 46.5 Å². The monoisotopic (exact) mass is 1100 g/mol. The number of nitrogens with two attached hydrogens (primary N) is 1. The lowest BCUT2D eigenvalue weighted by molar-refractivity contribution is -0.221. The Balaban J connectivity index is 1.52. The van der Waals surface area contributed by atoms with Gasteiger partial charge in [-0.1, -0.05) is 24.0 Å². The summed E-state index contributed by atoms with van der Waals surface area (Å²) in [5.74, 6) is 0.673. The number of halogens is 10. The first kappa shape index (κ1) is 60.7. The van der Waals surface area contributed by atoms with Crippen molar-refractivity contribution in [3.63, 3.8) is 0 Å². The van der Waals surface area contributed by atoms with Crippen molar-refractivity contribution in [3.8, 4) is 11.8 Å². The number of methoxy groups -OCH3 is 2. The summed E-state index contributed by atoms with van der Waals surface area (Å²) in [5.41, 5.74) is 1.15. The number of ether oxygens (including phenoxy) is 2. The smallest absolute Gasteiger partial charge is 0.407 e. The number of allylic oxidation sites excluding steroid dienone is 1. The summed E-state index contributed by atoms with van der Waals surface area (Å²) in [6, 6.07) is 4.95. The fourth-order valence-electron chi connectivity index (χ4n) is 8.25. The minimum absolute atomic E-state index is 0.269. The Kier molecular flexibility index (Phi) is 20.0. The molecule has 8 N–H and O–H groups in total. The van der Waals surface area contributed by atoms with Crippen molar-refractivity contribution in [1.82, 2.24) is 36.7 Å². The number of carbonyl (C=O) groups is 4. The highest BCUT2D eigenvalue weighted by Gasteiger charge is 2.57. The van der Waals surface area contributed by atoms with Gasteiger partial charge in [-0.25, -0.2) is 33.4 Å². The number of nitrogens with zero attached hydrogens (tertiary/aromatic N) is 4. The predicted octanol–water partition coefficient (Wildman–Crippen LogP) is 5.84. The van der Waals surface area contributed by atoms with Crippen LogP contribution in [0.1, 0.15) is 68.4 Å². The molecule has 2 aliphatic heterocycles. The number of hydrogen-bond donors (Lipinski definition) is 7. The van der Waals surface area contributed by atoms with Crippen molar-refractivity contribution in [2.45, 2.75) is 109 Å². The molecule has 2 bridgehead atoms. The predicted molar refractivity (Wildman–Crippen MR) is 260 cm³/mol. The van der Waals surface area contributed by atoms with Crippen LogP contribution in [0, 0.1) is 34.3 Å². The van der Waals surface area contributed by atoms with E-state index in [2.05, 4.69) is 46.8 Å². The van der Waals surface area contributed by atoms with Gasteiger partial charge in [-0.15, -0.1) is 0 Å². The van der Waals surface area contributed by atoms with Gasteiger partial charge in [0.2, 0.25) is 5.91 Å². The largest absolute Gasteiger partial charge is 0.453 e. The van der Waals surface area contributed by atoms with E-state index in [0.29, 0.717) is 74.3 Å². The van der Waals surface area contributed by atoms with Crippen molar-refractivity contribution < 1.29 is 77.7 Å². The van der Waals surface area contributed by atoms with Gasteiger partial charge in [0.1, 0.15) is 29.5 Å². The Morgan fingerprint density at radius 2 is 1.36 bits per heavy atom. The molecule has 420 valence electrons. The Morgan fingerprint density at radius 1 is 0.844 bits per heavy atom. The molecule has 6 atom stereocenters. The molecule has 17 nitrogen and oxygen atoms in total. The van der Waals surface area contributed by atoms with Crippen LogP contribution in [-0.4, -0.2) is 134 Å². The molecule has 77 heavy (non-hydrogen) atoms. The zero-order valence-electron chi connectivity index (χ0n) is 42.4. The number of aliphatic imine (C=N–C) groups is 1. The first-order valence-electron chi connectivity index (χ1n) is 23.6. The number of carbonyl (C=O) groups excluding carboxylic acids is 4. The second-order valence-corrected chi connectivity index (χ2v) is 19.3. The summed E-state index contributed by atoms with van der Waals surface area (Å²) < 4.78 is 153. The van der Waals surface area contributed by atoms with Crippen LogP contribution in [0.4, 0.5) is 59.3 Å². The van der Waals surface area contributed by atoms with E-state index in [9.17, 15) is 59.4 Å². The number of fused-ring (bicyclic) bond motifs is 2. The number of benzene rings is 2. The summed E-state index contributed by atoms with van der Waals surface area (Å²) in [5, 5.41) is 22.0. The van der Waals surface area contributed by atoms with E-state index in [0.717, 1.165) is 52.0 Å². The van der Waals surface area contributed by atoms with Crippen molar-refractivity contribution in [2.75, 3.05) is 38.8 Å². The van der Waals surface area contributed by atoms with Crippen molar-refractivity contribution in [2.24, 2.45) is 21.6 Å².